The minimum atomic E-state index is 0.601. The van der Waals surface area contributed by atoms with E-state index in [4.69, 9.17) is 4.52 Å². The van der Waals surface area contributed by atoms with Crippen molar-refractivity contribution in [2.75, 3.05) is 23.7 Å². The van der Waals surface area contributed by atoms with Crippen molar-refractivity contribution in [3.8, 4) is 17.1 Å². The number of anilines is 1. The Morgan fingerprint density at radius 2 is 1.78 bits per heavy atom. The zero-order valence-corrected chi connectivity index (χ0v) is 18.8. The van der Waals surface area contributed by atoms with Crippen LogP contribution in [0.15, 0.2) is 58.5 Å². The van der Waals surface area contributed by atoms with Crippen LogP contribution in [-0.2, 0) is 6.42 Å². The van der Waals surface area contributed by atoms with Crippen LogP contribution in [0.3, 0.4) is 0 Å². The third-order valence-electron chi connectivity index (χ3n) is 5.47. The van der Waals surface area contributed by atoms with Gasteiger partial charge in [0.15, 0.2) is 5.16 Å². The first-order valence-corrected chi connectivity index (χ1v) is 11.9. The molecular weight excluding hydrogens is 422 g/mol. The Balaban J connectivity index is 1.25. The molecule has 4 heterocycles. The lowest BCUT2D eigenvalue weighted by Gasteiger charge is -2.18. The molecule has 0 N–H and O–H groups in total. The molecule has 164 valence electrons. The maximum Gasteiger partial charge on any atom is 0.232 e. The number of pyridine rings is 1. The van der Waals surface area contributed by atoms with Crippen LogP contribution in [-0.4, -0.2) is 48.7 Å². The molecule has 5 rings (SSSR count). The van der Waals surface area contributed by atoms with Crippen LogP contribution in [0.25, 0.3) is 17.1 Å². The first kappa shape index (κ1) is 20.7. The molecular formula is C23H25N7OS. The van der Waals surface area contributed by atoms with Crippen molar-refractivity contribution in [3.05, 3.63) is 60.2 Å². The summed E-state index contributed by atoms with van der Waals surface area (Å²) < 4.78 is 7.60. The summed E-state index contributed by atoms with van der Waals surface area (Å²) in [6.45, 7) is 4.17. The monoisotopic (exact) mass is 447 g/mol. The number of aryl methyl sites for hydroxylation is 2. The molecule has 0 aliphatic carbocycles. The Kier molecular flexibility index (Phi) is 6.15. The molecule has 1 aromatic carbocycles. The third kappa shape index (κ3) is 4.52. The summed E-state index contributed by atoms with van der Waals surface area (Å²) >= 11 is 1.71. The van der Waals surface area contributed by atoms with E-state index in [0.717, 1.165) is 54.0 Å². The number of hydrogen-bond acceptors (Lipinski definition) is 8. The average Bonchev–Trinajstić information content (AvgIpc) is 3.59. The van der Waals surface area contributed by atoms with Crippen LogP contribution < -0.4 is 4.90 Å². The molecule has 32 heavy (non-hydrogen) atoms. The average molecular weight is 448 g/mol. The van der Waals surface area contributed by atoms with E-state index in [9.17, 15) is 0 Å². The van der Waals surface area contributed by atoms with Crippen molar-refractivity contribution in [2.24, 2.45) is 0 Å². The van der Waals surface area contributed by atoms with Crippen LogP contribution in [0.4, 0.5) is 5.95 Å². The second-order valence-corrected chi connectivity index (χ2v) is 8.91. The van der Waals surface area contributed by atoms with E-state index in [0.29, 0.717) is 11.7 Å². The number of benzene rings is 1. The number of thioether (sulfide) groups is 1. The summed E-state index contributed by atoms with van der Waals surface area (Å²) in [6.07, 6.45) is 7.49. The van der Waals surface area contributed by atoms with Gasteiger partial charge in [0.1, 0.15) is 0 Å². The van der Waals surface area contributed by atoms with Crippen molar-refractivity contribution < 1.29 is 4.52 Å². The van der Waals surface area contributed by atoms with Gasteiger partial charge in [-0.15, -0.1) is 10.2 Å². The number of nitrogens with zero attached hydrogens (tertiary/aromatic N) is 7. The SMILES string of the molecule is Cc1ccc(-n2c(SCCCc3nc(-c4ccncc4)no3)nnc2N2CCCC2)cc1. The largest absolute Gasteiger partial charge is 0.341 e. The fraction of sp³-hybridized carbons (Fsp3) is 0.348. The van der Waals surface area contributed by atoms with Crippen molar-refractivity contribution in [3.63, 3.8) is 0 Å². The van der Waals surface area contributed by atoms with Gasteiger partial charge in [0, 0.05) is 43.2 Å². The molecule has 3 aromatic heterocycles. The Hall–Kier alpha value is -3.20. The second kappa shape index (κ2) is 9.52. The van der Waals surface area contributed by atoms with E-state index in [-0.39, 0.29) is 0 Å². The first-order valence-electron chi connectivity index (χ1n) is 10.9. The molecule has 8 nitrogen and oxygen atoms in total. The standard InChI is InChI=1S/C23H25N7OS/c1-17-6-8-19(9-7-17)30-22(29-14-2-3-15-29)26-27-23(30)32-16-4-5-20-25-21(28-31-20)18-10-12-24-13-11-18/h6-13H,2-5,14-16H2,1H3. The fourth-order valence-corrected chi connectivity index (χ4v) is 4.64. The highest BCUT2D eigenvalue weighted by Gasteiger charge is 2.22. The summed E-state index contributed by atoms with van der Waals surface area (Å²) in [6, 6.07) is 12.3. The number of rotatable bonds is 8. The lowest BCUT2D eigenvalue weighted by Crippen LogP contribution is -2.22. The highest BCUT2D eigenvalue weighted by Crippen LogP contribution is 2.29. The minimum Gasteiger partial charge on any atom is -0.341 e. The molecule has 0 saturated carbocycles. The van der Waals surface area contributed by atoms with Crippen molar-refractivity contribution in [1.29, 1.82) is 0 Å². The van der Waals surface area contributed by atoms with Crippen LogP contribution in [0, 0.1) is 6.92 Å². The topological polar surface area (TPSA) is 85.8 Å². The van der Waals surface area contributed by atoms with Gasteiger partial charge >= 0.3 is 0 Å². The second-order valence-electron chi connectivity index (χ2n) is 7.85. The Bertz CT molecular complexity index is 1150. The molecule has 4 aromatic rings. The van der Waals surface area contributed by atoms with Gasteiger partial charge in [-0.1, -0.05) is 34.6 Å². The first-order chi connectivity index (χ1) is 15.8. The normalized spacial score (nSPS) is 13.7. The van der Waals surface area contributed by atoms with Crippen LogP contribution in [0.2, 0.25) is 0 Å². The van der Waals surface area contributed by atoms with Crippen molar-refractivity contribution in [1.82, 2.24) is 29.9 Å². The molecule has 0 radical (unpaired) electrons. The van der Waals surface area contributed by atoms with E-state index in [1.165, 1.54) is 18.4 Å². The van der Waals surface area contributed by atoms with Crippen LogP contribution in [0.1, 0.15) is 30.7 Å². The van der Waals surface area contributed by atoms with Crippen LogP contribution >= 0.6 is 11.8 Å². The zero-order chi connectivity index (χ0) is 21.8. The fourth-order valence-electron chi connectivity index (χ4n) is 3.76. The lowest BCUT2D eigenvalue weighted by atomic mass is 10.2. The molecule has 1 aliphatic heterocycles. The van der Waals surface area contributed by atoms with Gasteiger partial charge in [0.05, 0.1) is 5.69 Å². The van der Waals surface area contributed by atoms with Crippen molar-refractivity contribution >= 4 is 17.7 Å². The van der Waals surface area contributed by atoms with Gasteiger partial charge in [-0.2, -0.15) is 4.98 Å². The van der Waals surface area contributed by atoms with E-state index in [2.05, 4.69) is 66.0 Å². The van der Waals surface area contributed by atoms with Crippen LogP contribution in [0.5, 0.6) is 0 Å². The van der Waals surface area contributed by atoms with E-state index in [1.807, 2.05) is 12.1 Å². The Morgan fingerprint density at radius 1 is 1.00 bits per heavy atom. The predicted octanol–water partition coefficient (Wildman–Crippen LogP) is 4.35. The Morgan fingerprint density at radius 3 is 2.56 bits per heavy atom. The summed E-state index contributed by atoms with van der Waals surface area (Å²) in [4.78, 5) is 10.9. The van der Waals surface area contributed by atoms with Crippen molar-refractivity contribution in [2.45, 2.75) is 37.8 Å². The molecule has 1 fully saturated rings. The summed E-state index contributed by atoms with van der Waals surface area (Å²) in [5.74, 6) is 3.07. The zero-order valence-electron chi connectivity index (χ0n) is 18.0. The van der Waals surface area contributed by atoms with Gasteiger partial charge in [0.25, 0.3) is 0 Å². The van der Waals surface area contributed by atoms with Gasteiger partial charge < -0.3 is 9.42 Å². The van der Waals surface area contributed by atoms with E-state index in [1.54, 1.807) is 24.2 Å². The molecule has 0 spiro atoms. The third-order valence-corrected chi connectivity index (χ3v) is 6.49. The maximum absolute atomic E-state index is 5.42. The lowest BCUT2D eigenvalue weighted by molar-refractivity contribution is 0.378. The smallest absolute Gasteiger partial charge is 0.232 e. The number of aromatic nitrogens is 6. The molecule has 1 aliphatic rings. The molecule has 1 saturated heterocycles. The van der Waals surface area contributed by atoms with Gasteiger partial charge in [-0.3, -0.25) is 9.55 Å². The highest BCUT2D eigenvalue weighted by molar-refractivity contribution is 7.99. The highest BCUT2D eigenvalue weighted by atomic mass is 32.2. The molecule has 0 amide bonds. The number of hydrogen-bond donors (Lipinski definition) is 0. The van der Waals surface area contributed by atoms with Gasteiger partial charge in [0.2, 0.25) is 17.7 Å². The Labute approximate surface area is 191 Å². The minimum absolute atomic E-state index is 0.601. The summed E-state index contributed by atoms with van der Waals surface area (Å²) in [5, 5.41) is 14.1. The van der Waals surface area contributed by atoms with Gasteiger partial charge in [-0.05, 0) is 50.5 Å². The molecule has 9 heteroatoms. The van der Waals surface area contributed by atoms with E-state index >= 15 is 0 Å². The van der Waals surface area contributed by atoms with E-state index < -0.39 is 0 Å². The predicted molar refractivity (Wildman–Crippen MR) is 124 cm³/mol. The maximum atomic E-state index is 5.42. The molecule has 0 bridgehead atoms. The summed E-state index contributed by atoms with van der Waals surface area (Å²) in [7, 11) is 0. The van der Waals surface area contributed by atoms with Gasteiger partial charge in [-0.25, -0.2) is 0 Å². The summed E-state index contributed by atoms with van der Waals surface area (Å²) in [5.41, 5.74) is 3.25. The molecule has 0 atom stereocenters. The molecule has 0 unspecified atom stereocenters. The quantitative estimate of drug-likeness (QED) is 0.291.